The number of phenols is 1. The third-order valence-electron chi connectivity index (χ3n) is 1.73. The lowest BCUT2D eigenvalue weighted by molar-refractivity contribution is -0.384. The summed E-state index contributed by atoms with van der Waals surface area (Å²) in [6.45, 7) is 0. The van der Waals surface area contributed by atoms with E-state index in [4.69, 9.17) is 10.4 Å². The van der Waals surface area contributed by atoms with Crippen LogP contribution in [-0.2, 0) is 0 Å². The van der Waals surface area contributed by atoms with Gasteiger partial charge in [-0.3, -0.25) is 15.4 Å². The van der Waals surface area contributed by atoms with E-state index in [0.717, 1.165) is 17.8 Å². The molecule has 0 unspecified atom stereocenters. The SMILES string of the molecule is CSC(=Nc1ccc(O)cc1[N+](=O)[O-])NC#N. The van der Waals surface area contributed by atoms with E-state index < -0.39 is 4.92 Å². The number of aliphatic imine (C=N–C) groups is 1. The second-order valence-corrected chi connectivity index (χ2v) is 3.58. The first-order valence-corrected chi connectivity index (χ1v) is 5.56. The normalized spacial score (nSPS) is 10.7. The summed E-state index contributed by atoms with van der Waals surface area (Å²) in [6, 6.07) is 3.60. The highest BCUT2D eigenvalue weighted by atomic mass is 32.2. The zero-order valence-corrected chi connectivity index (χ0v) is 9.56. The third kappa shape index (κ3) is 3.35. The van der Waals surface area contributed by atoms with Crippen LogP contribution in [0.5, 0.6) is 5.75 Å². The number of thioether (sulfide) groups is 1. The van der Waals surface area contributed by atoms with Crippen LogP contribution >= 0.6 is 11.8 Å². The fourth-order valence-electron chi connectivity index (χ4n) is 1.03. The summed E-state index contributed by atoms with van der Waals surface area (Å²) in [5, 5.41) is 30.9. The van der Waals surface area contributed by atoms with Gasteiger partial charge in [-0.2, -0.15) is 5.26 Å². The van der Waals surface area contributed by atoms with Gasteiger partial charge in [-0.15, -0.1) is 0 Å². The van der Waals surface area contributed by atoms with Crippen molar-refractivity contribution in [3.05, 3.63) is 28.3 Å². The summed E-state index contributed by atoms with van der Waals surface area (Å²) < 4.78 is 0. The van der Waals surface area contributed by atoms with Crippen molar-refractivity contribution in [2.24, 2.45) is 4.99 Å². The van der Waals surface area contributed by atoms with Crippen molar-refractivity contribution in [2.45, 2.75) is 0 Å². The van der Waals surface area contributed by atoms with E-state index in [2.05, 4.69) is 10.3 Å². The molecule has 8 heteroatoms. The van der Waals surface area contributed by atoms with Crippen LogP contribution in [0, 0.1) is 21.6 Å². The quantitative estimate of drug-likeness (QED) is 0.207. The molecule has 0 atom stereocenters. The average Bonchev–Trinajstić information content (AvgIpc) is 2.30. The molecule has 0 aromatic heterocycles. The highest BCUT2D eigenvalue weighted by Crippen LogP contribution is 2.31. The molecule has 2 N–H and O–H groups in total. The molecule has 1 aromatic rings. The predicted octanol–water partition coefficient (Wildman–Crippen LogP) is 1.72. The van der Waals surface area contributed by atoms with Crippen molar-refractivity contribution < 1.29 is 10.0 Å². The van der Waals surface area contributed by atoms with Gasteiger partial charge in [0.1, 0.15) is 11.4 Å². The number of aromatic hydroxyl groups is 1. The van der Waals surface area contributed by atoms with Crippen molar-refractivity contribution >= 4 is 28.3 Å². The number of nitro groups is 1. The maximum atomic E-state index is 10.7. The van der Waals surface area contributed by atoms with E-state index in [-0.39, 0.29) is 22.3 Å². The van der Waals surface area contributed by atoms with Crippen molar-refractivity contribution in [3.63, 3.8) is 0 Å². The zero-order chi connectivity index (χ0) is 12.8. The number of phenolic OH excluding ortho intramolecular Hbond substituents is 1. The van der Waals surface area contributed by atoms with Gasteiger partial charge in [-0.05, 0) is 18.4 Å². The lowest BCUT2D eigenvalue weighted by Crippen LogP contribution is -2.12. The monoisotopic (exact) mass is 252 g/mol. The Morgan fingerprint density at radius 2 is 2.41 bits per heavy atom. The molecule has 1 rings (SSSR count). The number of rotatable bonds is 2. The fraction of sp³-hybridized carbons (Fsp3) is 0.111. The van der Waals surface area contributed by atoms with Gasteiger partial charge in [-0.1, -0.05) is 11.8 Å². The minimum Gasteiger partial charge on any atom is -0.508 e. The maximum absolute atomic E-state index is 10.7. The van der Waals surface area contributed by atoms with Crippen LogP contribution in [-0.4, -0.2) is 21.5 Å². The topological polar surface area (TPSA) is 112 Å². The number of nitro benzene ring substituents is 1. The number of nitrogens with zero attached hydrogens (tertiary/aromatic N) is 3. The van der Waals surface area contributed by atoms with Crippen LogP contribution < -0.4 is 5.32 Å². The second-order valence-electron chi connectivity index (χ2n) is 2.79. The van der Waals surface area contributed by atoms with Crippen LogP contribution in [0.25, 0.3) is 0 Å². The Morgan fingerprint density at radius 1 is 1.71 bits per heavy atom. The van der Waals surface area contributed by atoms with Gasteiger partial charge in [0.05, 0.1) is 11.0 Å². The smallest absolute Gasteiger partial charge is 0.298 e. The molecule has 0 fully saturated rings. The highest BCUT2D eigenvalue weighted by molar-refractivity contribution is 8.13. The Hall–Kier alpha value is -2.27. The number of nitriles is 1. The predicted molar refractivity (Wildman–Crippen MR) is 64.1 cm³/mol. The molecule has 17 heavy (non-hydrogen) atoms. The van der Waals surface area contributed by atoms with E-state index in [1.54, 1.807) is 12.4 Å². The van der Waals surface area contributed by atoms with Crippen LogP contribution in [0.15, 0.2) is 23.2 Å². The van der Waals surface area contributed by atoms with E-state index in [0.29, 0.717) is 0 Å². The Labute approximate surface area is 101 Å². The third-order valence-corrected chi connectivity index (χ3v) is 2.31. The van der Waals surface area contributed by atoms with Crippen LogP contribution in [0.2, 0.25) is 0 Å². The Balaban J connectivity index is 3.22. The van der Waals surface area contributed by atoms with Gasteiger partial charge < -0.3 is 5.11 Å². The summed E-state index contributed by atoms with van der Waals surface area (Å²) in [4.78, 5) is 14.0. The molecule has 0 aliphatic carbocycles. The Kier molecular flexibility index (Phi) is 4.30. The minimum atomic E-state index is -0.650. The van der Waals surface area contributed by atoms with E-state index >= 15 is 0 Å². The summed E-state index contributed by atoms with van der Waals surface area (Å²) in [5.41, 5.74) is -0.254. The molecule has 88 valence electrons. The van der Waals surface area contributed by atoms with Crippen molar-refractivity contribution in [1.82, 2.24) is 5.32 Å². The largest absolute Gasteiger partial charge is 0.508 e. The van der Waals surface area contributed by atoms with Gasteiger partial charge in [0.2, 0.25) is 0 Å². The zero-order valence-electron chi connectivity index (χ0n) is 8.75. The van der Waals surface area contributed by atoms with Gasteiger partial charge in [0, 0.05) is 0 Å². The van der Waals surface area contributed by atoms with Gasteiger partial charge in [0.15, 0.2) is 11.4 Å². The number of hydrogen-bond acceptors (Lipinski definition) is 6. The van der Waals surface area contributed by atoms with Crippen molar-refractivity contribution in [3.8, 4) is 11.9 Å². The molecule has 0 amide bonds. The van der Waals surface area contributed by atoms with Crippen LogP contribution in [0.4, 0.5) is 11.4 Å². The van der Waals surface area contributed by atoms with E-state index in [1.165, 1.54) is 12.1 Å². The second kappa shape index (κ2) is 5.72. The van der Waals surface area contributed by atoms with Crippen LogP contribution in [0.3, 0.4) is 0 Å². The molecule has 0 heterocycles. The number of amidine groups is 1. The lowest BCUT2D eigenvalue weighted by Gasteiger charge is -2.01. The van der Waals surface area contributed by atoms with Crippen molar-refractivity contribution in [1.29, 1.82) is 5.26 Å². The first-order valence-electron chi connectivity index (χ1n) is 4.33. The summed E-state index contributed by atoms with van der Waals surface area (Å²) in [6.07, 6.45) is 3.35. The standard InChI is InChI=1S/C9H8N4O3S/c1-17-9(11-5-10)12-7-3-2-6(14)4-8(7)13(15)16/h2-4,14H,1H3,(H,11,12). The van der Waals surface area contributed by atoms with E-state index in [1.807, 2.05) is 0 Å². The molecule has 0 bridgehead atoms. The highest BCUT2D eigenvalue weighted by Gasteiger charge is 2.14. The summed E-state index contributed by atoms with van der Waals surface area (Å²) in [7, 11) is 0. The minimum absolute atomic E-state index is 0.0694. The van der Waals surface area contributed by atoms with E-state index in [9.17, 15) is 10.1 Å². The Morgan fingerprint density at radius 3 is 2.94 bits per heavy atom. The molecule has 7 nitrogen and oxygen atoms in total. The molecule has 0 aliphatic heterocycles. The number of hydrogen-bond donors (Lipinski definition) is 2. The lowest BCUT2D eigenvalue weighted by atomic mass is 10.2. The Bertz CT molecular complexity index is 509. The fourth-order valence-corrected chi connectivity index (χ4v) is 1.37. The molecule has 0 saturated heterocycles. The average molecular weight is 252 g/mol. The molecule has 0 aliphatic rings. The molecule has 1 aromatic carbocycles. The summed E-state index contributed by atoms with van der Waals surface area (Å²) >= 11 is 1.15. The van der Waals surface area contributed by atoms with Gasteiger partial charge >= 0.3 is 0 Å². The van der Waals surface area contributed by atoms with Crippen LogP contribution in [0.1, 0.15) is 0 Å². The van der Waals surface area contributed by atoms with Gasteiger partial charge in [-0.25, -0.2) is 4.99 Å². The van der Waals surface area contributed by atoms with Gasteiger partial charge in [0.25, 0.3) is 5.69 Å². The maximum Gasteiger partial charge on any atom is 0.298 e. The molecular formula is C9H8N4O3S. The first-order chi connectivity index (χ1) is 8.08. The molecular weight excluding hydrogens is 244 g/mol. The summed E-state index contributed by atoms with van der Waals surface area (Å²) in [5.74, 6) is -0.213. The molecule has 0 spiro atoms. The van der Waals surface area contributed by atoms with Crippen molar-refractivity contribution in [2.75, 3.05) is 6.26 Å². The molecule has 0 radical (unpaired) electrons. The number of benzene rings is 1. The molecule has 0 saturated carbocycles. The first kappa shape index (κ1) is 12.8. The number of nitrogens with one attached hydrogen (secondary N) is 1.